The highest BCUT2D eigenvalue weighted by molar-refractivity contribution is 7.85. The van der Waals surface area contributed by atoms with E-state index >= 15 is 0 Å². The number of unbranched alkanes of at least 4 members (excludes halogenated alkanes) is 3. The monoisotopic (exact) mass is 286 g/mol. The van der Waals surface area contributed by atoms with Crippen LogP contribution in [0.3, 0.4) is 0 Å². The van der Waals surface area contributed by atoms with Crippen LogP contribution in [0.25, 0.3) is 0 Å². The second-order valence-corrected chi connectivity index (χ2v) is 6.16. The van der Waals surface area contributed by atoms with Crippen molar-refractivity contribution in [3.05, 3.63) is 29.8 Å². The van der Waals surface area contributed by atoms with E-state index in [4.69, 9.17) is 9.29 Å². The maximum atomic E-state index is 10.5. The Morgan fingerprint density at radius 3 is 2.37 bits per heavy atom. The van der Waals surface area contributed by atoms with Gasteiger partial charge < -0.3 is 4.74 Å². The van der Waals surface area contributed by atoms with Crippen LogP contribution in [0.15, 0.2) is 24.3 Å². The largest absolute Gasteiger partial charge is 0.492 e. The van der Waals surface area contributed by atoms with Gasteiger partial charge >= 0.3 is 0 Å². The van der Waals surface area contributed by atoms with Gasteiger partial charge in [0.25, 0.3) is 10.1 Å². The molecule has 4 nitrogen and oxygen atoms in total. The summed E-state index contributed by atoms with van der Waals surface area (Å²) in [7, 11) is -3.94. The summed E-state index contributed by atoms with van der Waals surface area (Å²) in [6.07, 6.45) is 6.02. The molecule has 1 rings (SSSR count). The Hall–Kier alpha value is -1.07. The number of benzene rings is 1. The molecule has 0 fully saturated rings. The van der Waals surface area contributed by atoms with Gasteiger partial charge in [0.1, 0.15) is 18.1 Å². The van der Waals surface area contributed by atoms with E-state index < -0.39 is 10.1 Å². The molecule has 0 spiro atoms. The van der Waals surface area contributed by atoms with Crippen molar-refractivity contribution in [1.82, 2.24) is 0 Å². The summed E-state index contributed by atoms with van der Waals surface area (Å²) in [5, 5.41) is 0. The number of aryl methyl sites for hydroxylation is 1. The van der Waals surface area contributed by atoms with Crippen LogP contribution in [0.5, 0.6) is 5.75 Å². The van der Waals surface area contributed by atoms with E-state index in [0.29, 0.717) is 5.75 Å². The topological polar surface area (TPSA) is 63.6 Å². The Morgan fingerprint density at radius 1 is 1.11 bits per heavy atom. The standard InChI is InChI=1S/C14H22O4S/c1-2-3-4-5-6-13-7-9-14(10-8-13)18-11-12-19(15,16)17/h7-10H,2-6,11-12H2,1H3,(H,15,16,17). The Kier molecular flexibility index (Phi) is 6.87. The predicted octanol–water partition coefficient (Wildman–Crippen LogP) is 3.08. The molecule has 0 unspecified atom stereocenters. The van der Waals surface area contributed by atoms with E-state index in [-0.39, 0.29) is 12.4 Å². The third-order valence-electron chi connectivity index (χ3n) is 2.85. The van der Waals surface area contributed by atoms with Gasteiger partial charge in [-0.2, -0.15) is 8.42 Å². The van der Waals surface area contributed by atoms with Gasteiger partial charge in [-0.3, -0.25) is 4.55 Å². The fourth-order valence-corrected chi connectivity index (χ4v) is 2.07. The lowest BCUT2D eigenvalue weighted by atomic mass is 10.1. The molecule has 0 saturated heterocycles. The van der Waals surface area contributed by atoms with Crippen LogP contribution in [0.4, 0.5) is 0 Å². The summed E-state index contributed by atoms with van der Waals surface area (Å²) < 4.78 is 34.9. The lowest BCUT2D eigenvalue weighted by Crippen LogP contribution is -2.12. The molecular formula is C14H22O4S. The van der Waals surface area contributed by atoms with Gasteiger partial charge in [-0.05, 0) is 30.5 Å². The predicted molar refractivity (Wildman–Crippen MR) is 76.2 cm³/mol. The van der Waals surface area contributed by atoms with E-state index in [1.165, 1.54) is 31.2 Å². The summed E-state index contributed by atoms with van der Waals surface area (Å²) in [4.78, 5) is 0. The van der Waals surface area contributed by atoms with Crippen LogP contribution >= 0.6 is 0 Å². The zero-order valence-electron chi connectivity index (χ0n) is 11.3. The molecular weight excluding hydrogens is 264 g/mol. The molecule has 0 radical (unpaired) electrons. The molecule has 0 aliphatic rings. The van der Waals surface area contributed by atoms with Crippen LogP contribution in [0.2, 0.25) is 0 Å². The molecule has 0 heterocycles. The van der Waals surface area contributed by atoms with Crippen molar-refractivity contribution in [1.29, 1.82) is 0 Å². The molecule has 0 aromatic heterocycles. The molecule has 0 bridgehead atoms. The van der Waals surface area contributed by atoms with E-state index in [2.05, 4.69) is 6.92 Å². The van der Waals surface area contributed by atoms with Gasteiger partial charge in [0.2, 0.25) is 0 Å². The van der Waals surface area contributed by atoms with Crippen LogP contribution in [0, 0.1) is 0 Å². The van der Waals surface area contributed by atoms with Crippen molar-refractivity contribution in [2.75, 3.05) is 12.4 Å². The first-order chi connectivity index (χ1) is 9.01. The lowest BCUT2D eigenvalue weighted by Gasteiger charge is -2.06. The first kappa shape index (κ1) is 16.0. The normalized spacial score (nSPS) is 11.5. The maximum Gasteiger partial charge on any atom is 0.268 e. The highest BCUT2D eigenvalue weighted by atomic mass is 32.2. The van der Waals surface area contributed by atoms with E-state index in [9.17, 15) is 8.42 Å². The third kappa shape index (κ3) is 7.85. The smallest absolute Gasteiger partial charge is 0.268 e. The number of ether oxygens (including phenoxy) is 1. The fraction of sp³-hybridized carbons (Fsp3) is 0.571. The van der Waals surface area contributed by atoms with Crippen LogP contribution in [0.1, 0.15) is 38.2 Å². The van der Waals surface area contributed by atoms with Gasteiger partial charge in [-0.25, -0.2) is 0 Å². The summed E-state index contributed by atoms with van der Waals surface area (Å²) in [5.74, 6) is 0.243. The van der Waals surface area contributed by atoms with Crippen LogP contribution < -0.4 is 4.74 Å². The SMILES string of the molecule is CCCCCCc1ccc(OCCS(=O)(=O)O)cc1. The lowest BCUT2D eigenvalue weighted by molar-refractivity contribution is 0.336. The van der Waals surface area contributed by atoms with Crippen molar-refractivity contribution in [3.8, 4) is 5.75 Å². The highest BCUT2D eigenvalue weighted by Gasteiger charge is 2.04. The average molecular weight is 286 g/mol. The molecule has 0 saturated carbocycles. The minimum atomic E-state index is -3.94. The van der Waals surface area contributed by atoms with Gasteiger partial charge in [-0.15, -0.1) is 0 Å². The zero-order chi connectivity index (χ0) is 14.1. The van der Waals surface area contributed by atoms with E-state index in [0.717, 1.165) is 6.42 Å². The first-order valence-corrected chi connectivity index (χ1v) is 8.29. The Balaban J connectivity index is 2.31. The summed E-state index contributed by atoms with van der Waals surface area (Å²) in [5.41, 5.74) is 1.26. The first-order valence-electron chi connectivity index (χ1n) is 6.68. The molecule has 0 aliphatic carbocycles. The quantitative estimate of drug-likeness (QED) is 0.559. The average Bonchev–Trinajstić information content (AvgIpc) is 2.35. The number of hydrogen-bond donors (Lipinski definition) is 1. The molecule has 108 valence electrons. The Bertz CT molecular complexity index is 451. The molecule has 5 heteroatoms. The molecule has 0 atom stereocenters. The molecule has 1 aromatic carbocycles. The minimum Gasteiger partial charge on any atom is -0.492 e. The fourth-order valence-electron chi connectivity index (χ4n) is 1.77. The van der Waals surface area contributed by atoms with Crippen LogP contribution in [-0.2, 0) is 16.5 Å². The molecule has 1 N–H and O–H groups in total. The van der Waals surface area contributed by atoms with Crippen molar-refractivity contribution >= 4 is 10.1 Å². The third-order valence-corrected chi connectivity index (χ3v) is 3.53. The molecule has 1 aromatic rings. The second kappa shape index (κ2) is 8.17. The Labute approximate surface area is 115 Å². The van der Waals surface area contributed by atoms with E-state index in [1.807, 2.05) is 24.3 Å². The maximum absolute atomic E-state index is 10.5. The summed E-state index contributed by atoms with van der Waals surface area (Å²) in [6.45, 7) is 2.16. The molecule has 0 aliphatic heterocycles. The van der Waals surface area contributed by atoms with Gasteiger partial charge in [0.15, 0.2) is 0 Å². The number of rotatable bonds is 9. The van der Waals surface area contributed by atoms with Crippen molar-refractivity contribution in [3.63, 3.8) is 0 Å². The summed E-state index contributed by atoms with van der Waals surface area (Å²) >= 11 is 0. The van der Waals surface area contributed by atoms with Crippen molar-refractivity contribution < 1.29 is 17.7 Å². The minimum absolute atomic E-state index is 0.0331. The van der Waals surface area contributed by atoms with Gasteiger partial charge in [0, 0.05) is 0 Å². The summed E-state index contributed by atoms with van der Waals surface area (Å²) in [6, 6.07) is 7.65. The van der Waals surface area contributed by atoms with E-state index in [1.54, 1.807) is 0 Å². The van der Waals surface area contributed by atoms with Gasteiger partial charge in [0.05, 0.1) is 0 Å². The Morgan fingerprint density at radius 2 is 1.79 bits per heavy atom. The van der Waals surface area contributed by atoms with Crippen LogP contribution in [-0.4, -0.2) is 25.3 Å². The zero-order valence-corrected chi connectivity index (χ0v) is 12.2. The van der Waals surface area contributed by atoms with Crippen molar-refractivity contribution in [2.24, 2.45) is 0 Å². The van der Waals surface area contributed by atoms with Crippen molar-refractivity contribution in [2.45, 2.75) is 39.0 Å². The molecule has 19 heavy (non-hydrogen) atoms. The highest BCUT2D eigenvalue weighted by Crippen LogP contribution is 2.14. The number of hydrogen-bond acceptors (Lipinski definition) is 3. The second-order valence-electron chi connectivity index (χ2n) is 4.59. The van der Waals surface area contributed by atoms with Gasteiger partial charge in [-0.1, -0.05) is 38.3 Å². The molecule has 0 amide bonds.